The van der Waals surface area contributed by atoms with E-state index in [9.17, 15) is 5.11 Å². The van der Waals surface area contributed by atoms with Crippen LogP contribution >= 0.6 is 0 Å². The lowest BCUT2D eigenvalue weighted by molar-refractivity contribution is 0.359. The first-order valence-corrected chi connectivity index (χ1v) is 8.63. The highest BCUT2D eigenvalue weighted by molar-refractivity contribution is 5.87. The van der Waals surface area contributed by atoms with Crippen LogP contribution in [0.15, 0.2) is 29.3 Å². The van der Waals surface area contributed by atoms with Gasteiger partial charge in [0.2, 0.25) is 0 Å². The fraction of sp³-hybridized carbons (Fsp3) is 0.474. The number of aryl methyl sites for hydroxylation is 1. The number of hydrogen-bond acceptors (Lipinski definition) is 4. The van der Waals surface area contributed by atoms with Crippen molar-refractivity contribution in [2.75, 3.05) is 13.1 Å². The Balaban J connectivity index is 1.74. The molecule has 3 heterocycles. The summed E-state index contributed by atoms with van der Waals surface area (Å²) in [6.07, 6.45) is 5.84. The monoisotopic (exact) mass is 309 g/mol. The number of phenols is 1. The lowest BCUT2D eigenvalue weighted by Gasteiger charge is -2.32. The van der Waals surface area contributed by atoms with Crippen molar-refractivity contribution >= 4 is 16.7 Å². The second kappa shape index (κ2) is 5.84. The van der Waals surface area contributed by atoms with E-state index in [0.29, 0.717) is 11.3 Å². The van der Waals surface area contributed by atoms with E-state index in [1.807, 2.05) is 25.1 Å². The van der Waals surface area contributed by atoms with Gasteiger partial charge in [-0.1, -0.05) is 24.6 Å². The molecule has 1 unspecified atom stereocenters. The Morgan fingerprint density at radius 1 is 1.09 bits per heavy atom. The maximum Gasteiger partial charge on any atom is 0.147 e. The summed E-state index contributed by atoms with van der Waals surface area (Å²) in [6.45, 7) is 4.13. The summed E-state index contributed by atoms with van der Waals surface area (Å²) in [5.74, 6) is 1.54. The first kappa shape index (κ1) is 14.5. The van der Waals surface area contributed by atoms with E-state index in [-0.39, 0.29) is 6.04 Å². The molecule has 23 heavy (non-hydrogen) atoms. The van der Waals surface area contributed by atoms with Crippen LogP contribution in [-0.4, -0.2) is 33.9 Å². The van der Waals surface area contributed by atoms with E-state index in [2.05, 4.69) is 16.0 Å². The van der Waals surface area contributed by atoms with Gasteiger partial charge in [0.05, 0.1) is 11.9 Å². The third-order valence-corrected chi connectivity index (χ3v) is 5.04. The molecule has 1 N–H and O–H groups in total. The summed E-state index contributed by atoms with van der Waals surface area (Å²) in [5.41, 5.74) is 2.55. The first-order valence-electron chi connectivity index (χ1n) is 8.63. The van der Waals surface area contributed by atoms with E-state index in [4.69, 9.17) is 4.99 Å². The van der Waals surface area contributed by atoms with E-state index in [1.54, 1.807) is 0 Å². The standard InChI is InChI=1S/C19H23N3O/c1-13-6-7-14-8-9-15(19(23)18(14)20-13)16-10-12-22-11-4-2-3-5-17(22)21-16/h6-9,16,23H,2-5,10-12H2,1H3. The Kier molecular flexibility index (Phi) is 3.68. The molecule has 4 rings (SSSR count). The number of hydrogen-bond donors (Lipinski definition) is 1. The smallest absolute Gasteiger partial charge is 0.147 e. The molecule has 2 aliphatic rings. The SMILES string of the molecule is Cc1ccc2ccc(C3CCN4CCCCCC4=N3)c(O)c2n1. The van der Waals surface area contributed by atoms with Crippen LogP contribution in [-0.2, 0) is 0 Å². The summed E-state index contributed by atoms with van der Waals surface area (Å²) in [5, 5.41) is 11.7. The number of rotatable bonds is 1. The zero-order valence-corrected chi connectivity index (χ0v) is 13.6. The Bertz CT molecular complexity index is 769. The molecule has 0 radical (unpaired) electrons. The minimum atomic E-state index is 0.0612. The maximum atomic E-state index is 10.7. The van der Waals surface area contributed by atoms with Crippen molar-refractivity contribution in [1.82, 2.24) is 9.88 Å². The normalized spacial score (nSPS) is 21.7. The van der Waals surface area contributed by atoms with Gasteiger partial charge in [-0.2, -0.15) is 0 Å². The molecule has 0 aliphatic carbocycles. The molecule has 2 aliphatic heterocycles. The molecule has 0 bridgehead atoms. The Morgan fingerprint density at radius 2 is 1.96 bits per heavy atom. The predicted octanol–water partition coefficient (Wildman–Crippen LogP) is 3.97. The van der Waals surface area contributed by atoms with E-state index < -0.39 is 0 Å². The van der Waals surface area contributed by atoms with Crippen molar-refractivity contribution in [2.45, 2.75) is 45.1 Å². The maximum absolute atomic E-state index is 10.7. The van der Waals surface area contributed by atoms with Gasteiger partial charge in [0.15, 0.2) is 0 Å². The Hall–Kier alpha value is -2.10. The van der Waals surface area contributed by atoms with Crippen molar-refractivity contribution in [3.05, 3.63) is 35.5 Å². The zero-order valence-electron chi connectivity index (χ0n) is 13.6. The van der Waals surface area contributed by atoms with Crippen molar-refractivity contribution in [3.8, 4) is 5.75 Å². The Labute approximate surface area is 136 Å². The van der Waals surface area contributed by atoms with Crippen molar-refractivity contribution < 1.29 is 5.11 Å². The molecule has 1 aromatic carbocycles. The molecule has 1 atom stereocenters. The number of pyridine rings is 1. The number of aromatic nitrogens is 1. The molecule has 4 heteroatoms. The topological polar surface area (TPSA) is 48.7 Å². The highest BCUT2D eigenvalue weighted by Gasteiger charge is 2.26. The number of phenolic OH excluding ortho intramolecular Hbond substituents is 1. The lowest BCUT2D eigenvalue weighted by Crippen LogP contribution is -2.36. The van der Waals surface area contributed by atoms with Gasteiger partial charge in [-0.3, -0.25) is 4.99 Å². The number of fused-ring (bicyclic) bond motifs is 2. The Morgan fingerprint density at radius 3 is 2.87 bits per heavy atom. The van der Waals surface area contributed by atoms with Gasteiger partial charge in [-0.15, -0.1) is 0 Å². The molecule has 1 aromatic heterocycles. The summed E-state index contributed by atoms with van der Waals surface area (Å²) in [7, 11) is 0. The molecular weight excluding hydrogens is 286 g/mol. The third kappa shape index (κ3) is 2.67. The number of aliphatic imine (C=N–C) groups is 1. The van der Waals surface area contributed by atoms with Gasteiger partial charge >= 0.3 is 0 Å². The van der Waals surface area contributed by atoms with Crippen LogP contribution in [0.5, 0.6) is 5.75 Å². The van der Waals surface area contributed by atoms with E-state index in [0.717, 1.165) is 42.6 Å². The number of aromatic hydroxyl groups is 1. The van der Waals surface area contributed by atoms with Gasteiger partial charge in [0, 0.05) is 36.2 Å². The van der Waals surface area contributed by atoms with Crippen molar-refractivity contribution in [3.63, 3.8) is 0 Å². The highest BCUT2D eigenvalue weighted by Crippen LogP contribution is 2.37. The number of nitrogens with zero attached hydrogens (tertiary/aromatic N) is 3. The summed E-state index contributed by atoms with van der Waals surface area (Å²) in [6, 6.07) is 8.13. The van der Waals surface area contributed by atoms with Crippen LogP contribution in [0.4, 0.5) is 0 Å². The molecule has 0 spiro atoms. The molecule has 1 fully saturated rings. The predicted molar refractivity (Wildman–Crippen MR) is 93.0 cm³/mol. The minimum absolute atomic E-state index is 0.0612. The zero-order chi connectivity index (χ0) is 15.8. The molecule has 120 valence electrons. The molecular formula is C19H23N3O. The van der Waals surface area contributed by atoms with Crippen LogP contribution in [0, 0.1) is 6.92 Å². The summed E-state index contributed by atoms with van der Waals surface area (Å²) < 4.78 is 0. The second-order valence-corrected chi connectivity index (χ2v) is 6.68. The van der Waals surface area contributed by atoms with Crippen LogP contribution in [0.1, 0.15) is 49.4 Å². The van der Waals surface area contributed by atoms with Crippen LogP contribution in [0.25, 0.3) is 10.9 Å². The van der Waals surface area contributed by atoms with Gasteiger partial charge in [0.25, 0.3) is 0 Å². The molecule has 0 saturated carbocycles. The molecule has 1 saturated heterocycles. The van der Waals surface area contributed by atoms with Crippen LogP contribution in [0.3, 0.4) is 0 Å². The van der Waals surface area contributed by atoms with Crippen molar-refractivity contribution in [2.24, 2.45) is 4.99 Å². The average molecular weight is 309 g/mol. The van der Waals surface area contributed by atoms with Crippen LogP contribution in [0.2, 0.25) is 0 Å². The summed E-state index contributed by atoms with van der Waals surface area (Å²) >= 11 is 0. The lowest BCUT2D eigenvalue weighted by atomic mass is 9.98. The second-order valence-electron chi connectivity index (χ2n) is 6.68. The number of amidine groups is 1. The quantitative estimate of drug-likeness (QED) is 0.867. The minimum Gasteiger partial charge on any atom is -0.505 e. The van der Waals surface area contributed by atoms with Gasteiger partial charge in [0.1, 0.15) is 11.3 Å². The fourth-order valence-electron chi connectivity index (χ4n) is 3.74. The van der Waals surface area contributed by atoms with Gasteiger partial charge < -0.3 is 10.0 Å². The average Bonchev–Trinajstić information content (AvgIpc) is 2.80. The van der Waals surface area contributed by atoms with Gasteiger partial charge in [-0.05, 0) is 32.3 Å². The highest BCUT2D eigenvalue weighted by atomic mass is 16.3. The molecule has 4 nitrogen and oxygen atoms in total. The molecule has 0 amide bonds. The molecule has 2 aromatic rings. The van der Waals surface area contributed by atoms with Crippen LogP contribution < -0.4 is 0 Å². The van der Waals surface area contributed by atoms with Crippen molar-refractivity contribution in [1.29, 1.82) is 0 Å². The fourth-order valence-corrected chi connectivity index (χ4v) is 3.74. The van der Waals surface area contributed by atoms with E-state index >= 15 is 0 Å². The first-order chi connectivity index (χ1) is 11.2. The summed E-state index contributed by atoms with van der Waals surface area (Å²) in [4.78, 5) is 11.9. The largest absolute Gasteiger partial charge is 0.505 e. The van der Waals surface area contributed by atoms with Gasteiger partial charge in [-0.25, -0.2) is 4.98 Å². The van der Waals surface area contributed by atoms with E-state index in [1.165, 1.54) is 25.1 Å². The third-order valence-electron chi connectivity index (χ3n) is 5.04. The number of benzene rings is 1.